The topological polar surface area (TPSA) is 66.8 Å². The highest BCUT2D eigenvalue weighted by Gasteiger charge is 2.62. The Balaban J connectivity index is 1.53. The summed E-state index contributed by atoms with van der Waals surface area (Å²) in [4.78, 5) is 11.6. The van der Waals surface area contributed by atoms with Crippen molar-refractivity contribution in [3.05, 3.63) is 0 Å². The summed E-state index contributed by atoms with van der Waals surface area (Å²) in [5, 5.41) is 21.5. The minimum absolute atomic E-state index is 0.0959. The van der Waals surface area contributed by atoms with Crippen molar-refractivity contribution in [3.8, 4) is 0 Å². The number of esters is 1. The van der Waals surface area contributed by atoms with E-state index >= 15 is 0 Å². The second kappa shape index (κ2) is 7.82. The van der Waals surface area contributed by atoms with E-state index in [4.69, 9.17) is 4.74 Å². The van der Waals surface area contributed by atoms with Crippen molar-refractivity contribution in [3.63, 3.8) is 0 Å². The van der Waals surface area contributed by atoms with Crippen LogP contribution < -0.4 is 0 Å². The molecule has 166 valence electrons. The summed E-state index contributed by atoms with van der Waals surface area (Å²) >= 11 is 0. The minimum Gasteiger partial charge on any atom is -0.469 e. The van der Waals surface area contributed by atoms with Gasteiger partial charge in [0.25, 0.3) is 0 Å². The molecule has 4 aliphatic carbocycles. The number of aliphatic hydroxyl groups is 2. The van der Waals surface area contributed by atoms with Gasteiger partial charge in [-0.25, -0.2) is 0 Å². The van der Waals surface area contributed by atoms with Gasteiger partial charge in [-0.3, -0.25) is 4.79 Å². The maximum Gasteiger partial charge on any atom is 0.305 e. The summed E-state index contributed by atoms with van der Waals surface area (Å²) in [6, 6.07) is 0. The van der Waals surface area contributed by atoms with Gasteiger partial charge in [-0.1, -0.05) is 20.8 Å². The number of aliphatic hydroxyl groups excluding tert-OH is 2. The largest absolute Gasteiger partial charge is 0.469 e. The fraction of sp³-hybridized carbons (Fsp3) is 0.960. The molecule has 0 saturated heterocycles. The number of fused-ring (bicyclic) bond motifs is 5. The molecule has 29 heavy (non-hydrogen) atoms. The second-order valence-corrected chi connectivity index (χ2v) is 11.5. The van der Waals surface area contributed by atoms with Crippen LogP contribution in [-0.4, -0.2) is 35.5 Å². The lowest BCUT2D eigenvalue weighted by Crippen LogP contribution is -2.58. The summed E-state index contributed by atoms with van der Waals surface area (Å²) in [6.07, 6.45) is 9.80. The second-order valence-electron chi connectivity index (χ2n) is 11.5. The Morgan fingerprint density at radius 2 is 1.72 bits per heavy atom. The maximum absolute atomic E-state index is 11.6. The van der Waals surface area contributed by atoms with Crippen LogP contribution in [0, 0.1) is 46.3 Å². The molecule has 0 aromatic heterocycles. The fourth-order valence-electron chi connectivity index (χ4n) is 8.82. The van der Waals surface area contributed by atoms with Crippen molar-refractivity contribution in [2.24, 2.45) is 46.3 Å². The van der Waals surface area contributed by atoms with Crippen LogP contribution in [0.1, 0.15) is 85.0 Å². The fourth-order valence-corrected chi connectivity index (χ4v) is 8.82. The zero-order chi connectivity index (χ0) is 21.0. The first-order chi connectivity index (χ1) is 13.7. The lowest BCUT2D eigenvalue weighted by molar-refractivity contribution is -0.174. The maximum atomic E-state index is 11.6. The number of ether oxygens (including phenoxy) is 1. The molecule has 0 aromatic carbocycles. The first kappa shape index (κ1) is 21.6. The van der Waals surface area contributed by atoms with Crippen molar-refractivity contribution in [1.29, 1.82) is 0 Å². The summed E-state index contributed by atoms with van der Waals surface area (Å²) < 4.78 is 4.86. The highest BCUT2D eigenvalue weighted by atomic mass is 16.5. The van der Waals surface area contributed by atoms with Gasteiger partial charge in [0.05, 0.1) is 19.3 Å². The van der Waals surface area contributed by atoms with Crippen LogP contribution in [0.3, 0.4) is 0 Å². The normalized spacial score (nSPS) is 50.2. The molecule has 0 bridgehead atoms. The highest BCUT2D eigenvalue weighted by Crippen LogP contribution is 2.68. The third-order valence-corrected chi connectivity index (χ3v) is 10.4. The van der Waals surface area contributed by atoms with Crippen molar-refractivity contribution in [1.82, 2.24) is 0 Å². The van der Waals surface area contributed by atoms with Gasteiger partial charge >= 0.3 is 5.97 Å². The van der Waals surface area contributed by atoms with Crippen molar-refractivity contribution < 1.29 is 19.7 Å². The molecule has 0 aromatic rings. The van der Waals surface area contributed by atoms with Crippen molar-refractivity contribution >= 4 is 5.97 Å². The Bertz CT molecular complexity index is 620. The van der Waals surface area contributed by atoms with E-state index in [2.05, 4.69) is 20.8 Å². The summed E-state index contributed by atoms with van der Waals surface area (Å²) in [7, 11) is 1.48. The van der Waals surface area contributed by atoms with Crippen LogP contribution in [0.5, 0.6) is 0 Å². The third kappa shape index (κ3) is 3.46. The summed E-state index contributed by atoms with van der Waals surface area (Å²) in [5.74, 6) is 3.17. The van der Waals surface area contributed by atoms with E-state index in [1.807, 2.05) is 0 Å². The minimum atomic E-state index is -0.211. The highest BCUT2D eigenvalue weighted by molar-refractivity contribution is 5.69. The molecular weight excluding hydrogens is 364 g/mol. The van der Waals surface area contributed by atoms with Gasteiger partial charge in [0.1, 0.15) is 0 Å². The molecule has 4 nitrogen and oxygen atoms in total. The van der Waals surface area contributed by atoms with Crippen LogP contribution in [-0.2, 0) is 9.53 Å². The van der Waals surface area contributed by atoms with E-state index in [0.717, 1.165) is 32.1 Å². The first-order valence-electron chi connectivity index (χ1n) is 12.1. The van der Waals surface area contributed by atoms with E-state index < -0.39 is 0 Å². The number of hydrogen-bond donors (Lipinski definition) is 2. The Labute approximate surface area is 176 Å². The molecule has 4 rings (SSSR count). The molecule has 0 heterocycles. The number of hydrogen-bond acceptors (Lipinski definition) is 4. The Hall–Kier alpha value is -0.610. The van der Waals surface area contributed by atoms with E-state index in [-0.39, 0.29) is 23.6 Å². The van der Waals surface area contributed by atoms with Gasteiger partial charge in [0.2, 0.25) is 0 Å². The van der Waals surface area contributed by atoms with Crippen molar-refractivity contribution in [2.45, 2.75) is 97.2 Å². The number of carbonyl (C=O) groups excluding carboxylic acids is 1. The van der Waals surface area contributed by atoms with Crippen LogP contribution in [0.25, 0.3) is 0 Å². The van der Waals surface area contributed by atoms with Gasteiger partial charge < -0.3 is 14.9 Å². The van der Waals surface area contributed by atoms with E-state index in [1.54, 1.807) is 0 Å². The zero-order valence-electron chi connectivity index (χ0n) is 18.9. The van der Waals surface area contributed by atoms with E-state index in [1.165, 1.54) is 32.8 Å². The quantitative estimate of drug-likeness (QED) is 0.671. The van der Waals surface area contributed by atoms with Crippen LogP contribution in [0.2, 0.25) is 0 Å². The van der Waals surface area contributed by atoms with Gasteiger partial charge in [-0.15, -0.1) is 0 Å². The number of carbonyl (C=O) groups is 1. The summed E-state index contributed by atoms with van der Waals surface area (Å²) in [5.41, 5.74) is 0.577. The average Bonchev–Trinajstić information content (AvgIpc) is 3.04. The average molecular weight is 407 g/mol. The predicted molar refractivity (Wildman–Crippen MR) is 113 cm³/mol. The number of rotatable bonds is 4. The molecule has 0 aliphatic heterocycles. The molecule has 4 heteroatoms. The molecule has 5 unspecified atom stereocenters. The Morgan fingerprint density at radius 1 is 1.03 bits per heavy atom. The Morgan fingerprint density at radius 3 is 2.45 bits per heavy atom. The molecule has 0 amide bonds. The van der Waals surface area contributed by atoms with E-state index in [9.17, 15) is 15.0 Å². The number of methoxy groups -OCH3 is 1. The molecule has 4 aliphatic rings. The smallest absolute Gasteiger partial charge is 0.305 e. The Kier molecular flexibility index (Phi) is 5.83. The standard InChI is InChI=1S/C25H42O4/c1-15(5-8-22(28)29-4)18-6-7-19-23-20(10-12-25(18,19)3)24(2)11-9-17(26)13-16(24)14-21(23)27/h15-21,23,26-27H,5-14H2,1-4H3/t15-,16?,17-,18?,19+,20+,21-,23?,24?,25?/m1/s1. The molecule has 0 spiro atoms. The summed E-state index contributed by atoms with van der Waals surface area (Å²) in [6.45, 7) is 7.29. The third-order valence-electron chi connectivity index (χ3n) is 10.4. The van der Waals surface area contributed by atoms with Gasteiger partial charge in [-0.2, -0.15) is 0 Å². The lowest BCUT2D eigenvalue weighted by Gasteiger charge is -2.62. The van der Waals surface area contributed by atoms with Gasteiger partial charge in [0.15, 0.2) is 0 Å². The first-order valence-corrected chi connectivity index (χ1v) is 12.1. The van der Waals surface area contributed by atoms with Crippen LogP contribution >= 0.6 is 0 Å². The van der Waals surface area contributed by atoms with Gasteiger partial charge in [0, 0.05) is 6.42 Å². The molecule has 4 saturated carbocycles. The predicted octanol–water partition coefficient (Wildman–Crippen LogP) is 4.57. The van der Waals surface area contributed by atoms with Crippen LogP contribution in [0.4, 0.5) is 0 Å². The van der Waals surface area contributed by atoms with Crippen LogP contribution in [0.15, 0.2) is 0 Å². The SMILES string of the molecule is COC(=O)CC[C@@H](C)C1CC[C@H]2C3[C@H](O)CC4C[C@H](O)CCC4(C)[C@H]3CCC12C. The molecule has 10 atom stereocenters. The van der Waals surface area contributed by atoms with E-state index in [0.29, 0.717) is 47.3 Å². The molecule has 4 fully saturated rings. The lowest BCUT2D eigenvalue weighted by atomic mass is 9.43. The molecule has 0 radical (unpaired) electrons. The zero-order valence-corrected chi connectivity index (χ0v) is 18.9. The van der Waals surface area contributed by atoms with Crippen molar-refractivity contribution in [2.75, 3.05) is 7.11 Å². The molecule has 2 N–H and O–H groups in total. The monoisotopic (exact) mass is 406 g/mol. The van der Waals surface area contributed by atoms with Gasteiger partial charge in [-0.05, 0) is 104 Å². The molecular formula is C25H42O4.